The Balaban J connectivity index is 0.000000288. The maximum absolute atomic E-state index is 4.20. The molecule has 4 aromatic carbocycles. The molecule has 348 valence electrons. The highest BCUT2D eigenvalue weighted by atomic mass is 15.2. The molecule has 0 saturated heterocycles. The third kappa shape index (κ3) is 21.3. The molecule has 4 N–H and O–H groups in total. The molecule has 1 aliphatic carbocycles. The Morgan fingerprint density at radius 1 is 0.587 bits per heavy atom. The second-order valence-corrected chi connectivity index (χ2v) is 22.1. The quantitative estimate of drug-likeness (QED) is 0.125. The Kier molecular flexibility index (Phi) is 20.1. The van der Waals surface area contributed by atoms with Crippen LogP contribution in [0.4, 0.5) is 5.69 Å². The largest absolute Gasteiger partial charge is 0.380 e. The van der Waals surface area contributed by atoms with Crippen LogP contribution in [-0.2, 0) is 18.1 Å². The van der Waals surface area contributed by atoms with Gasteiger partial charge < -0.3 is 21.3 Å². The van der Waals surface area contributed by atoms with Gasteiger partial charge in [-0.1, -0.05) is 110 Å². The van der Waals surface area contributed by atoms with Crippen LogP contribution in [0.5, 0.6) is 0 Å². The molecule has 6 nitrogen and oxygen atoms in total. The predicted molar refractivity (Wildman–Crippen MR) is 278 cm³/mol. The van der Waals surface area contributed by atoms with Gasteiger partial charge in [0.2, 0.25) is 0 Å². The zero-order valence-electron chi connectivity index (χ0n) is 43.8. The molecule has 0 radical (unpaired) electrons. The van der Waals surface area contributed by atoms with E-state index in [9.17, 15) is 0 Å². The molecule has 6 heteroatoms. The van der Waals surface area contributed by atoms with Crippen LogP contribution in [0.3, 0.4) is 0 Å². The van der Waals surface area contributed by atoms with E-state index < -0.39 is 0 Å². The highest BCUT2D eigenvalue weighted by Gasteiger charge is 2.46. The zero-order valence-corrected chi connectivity index (χ0v) is 43.8. The fourth-order valence-corrected chi connectivity index (χ4v) is 7.60. The monoisotopic (exact) mass is 859 g/mol. The number of aryl methyl sites for hydroxylation is 4. The molecule has 1 aliphatic rings. The van der Waals surface area contributed by atoms with Crippen molar-refractivity contribution >= 4 is 5.69 Å². The van der Waals surface area contributed by atoms with Gasteiger partial charge in [0, 0.05) is 63.8 Å². The van der Waals surface area contributed by atoms with E-state index in [-0.39, 0.29) is 33.2 Å². The van der Waals surface area contributed by atoms with Crippen LogP contribution < -0.4 is 21.3 Å². The number of aromatic nitrogens is 2. The molecule has 1 aromatic heterocycles. The van der Waals surface area contributed by atoms with Crippen molar-refractivity contribution in [2.24, 2.45) is 7.05 Å². The predicted octanol–water partition coefficient (Wildman–Crippen LogP) is 14.8. The van der Waals surface area contributed by atoms with Crippen LogP contribution >= 0.6 is 0 Å². The second kappa shape index (κ2) is 23.1. The van der Waals surface area contributed by atoms with Gasteiger partial charge in [0.1, 0.15) is 0 Å². The lowest BCUT2D eigenvalue weighted by Gasteiger charge is -2.35. The molecule has 0 amide bonds. The van der Waals surface area contributed by atoms with Crippen molar-refractivity contribution in [3.8, 4) is 11.1 Å². The fourth-order valence-electron chi connectivity index (χ4n) is 7.60. The summed E-state index contributed by atoms with van der Waals surface area (Å²) in [6.45, 7) is 43.4. The number of nitrogens with one attached hydrogen (secondary N) is 4. The maximum atomic E-state index is 4.20. The Morgan fingerprint density at radius 3 is 1.52 bits per heavy atom. The molecule has 1 atom stereocenters. The van der Waals surface area contributed by atoms with E-state index in [0.717, 1.165) is 5.56 Å². The van der Waals surface area contributed by atoms with Gasteiger partial charge in [-0.15, -0.1) is 0 Å². The van der Waals surface area contributed by atoms with Crippen LogP contribution in [0.15, 0.2) is 109 Å². The average Bonchev–Trinajstić information content (AvgIpc) is 3.78. The lowest BCUT2D eigenvalue weighted by atomic mass is 9.90. The van der Waals surface area contributed by atoms with Crippen molar-refractivity contribution < 1.29 is 0 Å². The molecule has 1 saturated carbocycles. The van der Waals surface area contributed by atoms with E-state index in [1.54, 1.807) is 0 Å². The highest BCUT2D eigenvalue weighted by Crippen LogP contribution is 2.46. The highest BCUT2D eigenvalue weighted by molar-refractivity contribution is 5.62. The van der Waals surface area contributed by atoms with Crippen molar-refractivity contribution in [2.45, 2.75) is 191 Å². The molecule has 0 aliphatic heterocycles. The van der Waals surface area contributed by atoms with Gasteiger partial charge in [-0.3, -0.25) is 4.68 Å². The van der Waals surface area contributed by atoms with E-state index in [1.165, 1.54) is 57.5 Å². The summed E-state index contributed by atoms with van der Waals surface area (Å²) >= 11 is 0. The van der Waals surface area contributed by atoms with Crippen molar-refractivity contribution in [3.05, 3.63) is 143 Å². The molecule has 6 rings (SSSR count). The van der Waals surface area contributed by atoms with Gasteiger partial charge in [-0.25, -0.2) is 0 Å². The van der Waals surface area contributed by atoms with Crippen molar-refractivity contribution in [1.82, 2.24) is 25.7 Å². The van der Waals surface area contributed by atoms with E-state index in [2.05, 4.69) is 248 Å². The van der Waals surface area contributed by atoms with Gasteiger partial charge >= 0.3 is 0 Å². The van der Waals surface area contributed by atoms with Crippen LogP contribution in [0.1, 0.15) is 170 Å². The first-order valence-corrected chi connectivity index (χ1v) is 23.4. The molecule has 0 bridgehead atoms. The van der Waals surface area contributed by atoms with E-state index in [4.69, 9.17) is 0 Å². The fraction of sp³-hybridized carbons (Fsp3) is 0.526. The molecule has 1 fully saturated rings. The molecule has 1 heterocycles. The van der Waals surface area contributed by atoms with Gasteiger partial charge in [0.25, 0.3) is 0 Å². The number of benzene rings is 4. The number of hydrogen-bond donors (Lipinski definition) is 4. The third-order valence-electron chi connectivity index (χ3n) is 10.1. The Hall–Kier alpha value is -4.23. The Morgan fingerprint density at radius 2 is 1.11 bits per heavy atom. The summed E-state index contributed by atoms with van der Waals surface area (Å²) < 4.78 is 1.83. The standard InChI is InChI=1S/C16H23N3.C14H21N.C14H23N.C11H17N.C2H6/c1-12(18-16(2,3)4)13-6-8-14(9-7-13)15-10-17-19(5)11-15;1-11-5-7-12(8-6-11)14(9-10-14)15-13(2,3)4;1-11-7-9-12(10-8-11)14(5,6)15-13(2,3)4;1-9-6-5-7-10(8-9)12-11(2,3)4;1-2/h6-12,18H,1-5H3;5-8,15H,9-10H2,1-4H3;7-10,15H,1-6H3;5-8,12H,1-4H3;1-2H3. The minimum Gasteiger partial charge on any atom is -0.380 e. The molecule has 0 spiro atoms. The molecule has 1 unspecified atom stereocenters. The first-order chi connectivity index (χ1) is 28.9. The lowest BCUT2D eigenvalue weighted by molar-refractivity contribution is 0.286. The number of nitrogens with zero attached hydrogens (tertiary/aromatic N) is 2. The van der Waals surface area contributed by atoms with Crippen LogP contribution in [0, 0.1) is 20.8 Å². The van der Waals surface area contributed by atoms with Crippen molar-refractivity contribution in [2.75, 3.05) is 5.32 Å². The summed E-state index contributed by atoms with van der Waals surface area (Å²) in [7, 11) is 1.94. The van der Waals surface area contributed by atoms with Gasteiger partial charge in [-0.2, -0.15) is 5.10 Å². The zero-order chi connectivity index (χ0) is 48.0. The minimum absolute atomic E-state index is 0.0198. The molecular formula is C57H90N6. The SMILES string of the molecule is CC.CC(NC(C)(C)C)c1ccc(-c2cnn(C)c2)cc1.Cc1ccc(C(C)(C)NC(C)(C)C)cc1.Cc1ccc(C2(NC(C)(C)C)CC2)cc1.Cc1cccc(NC(C)(C)C)c1. The summed E-state index contributed by atoms with van der Waals surface area (Å²) in [5.41, 5.74) is 12.5. The van der Waals surface area contributed by atoms with Crippen molar-refractivity contribution in [1.29, 1.82) is 0 Å². The maximum Gasteiger partial charge on any atom is 0.0568 e. The summed E-state index contributed by atoms with van der Waals surface area (Å²) in [6.07, 6.45) is 6.47. The molecular weight excluding hydrogens is 769 g/mol. The third-order valence-corrected chi connectivity index (χ3v) is 10.1. The van der Waals surface area contributed by atoms with Gasteiger partial charge in [0.15, 0.2) is 0 Å². The number of rotatable bonds is 8. The molecule has 5 aromatic rings. The van der Waals surface area contributed by atoms with E-state index in [1.807, 2.05) is 38.0 Å². The van der Waals surface area contributed by atoms with Gasteiger partial charge in [-0.05, 0) is 177 Å². The van der Waals surface area contributed by atoms with Crippen LogP contribution in [0.2, 0.25) is 0 Å². The lowest BCUT2D eigenvalue weighted by Crippen LogP contribution is -2.48. The number of anilines is 1. The molecule has 63 heavy (non-hydrogen) atoms. The average molecular weight is 859 g/mol. The Labute approximate surface area is 386 Å². The summed E-state index contributed by atoms with van der Waals surface area (Å²) in [5, 5.41) is 18.6. The minimum atomic E-state index is 0.0198. The summed E-state index contributed by atoms with van der Waals surface area (Å²) in [4.78, 5) is 0. The van der Waals surface area contributed by atoms with Crippen molar-refractivity contribution in [3.63, 3.8) is 0 Å². The van der Waals surface area contributed by atoms with E-state index in [0.29, 0.717) is 6.04 Å². The smallest absolute Gasteiger partial charge is 0.0568 e. The normalized spacial score (nSPS) is 13.9. The Bertz CT molecular complexity index is 1980. The van der Waals surface area contributed by atoms with Crippen LogP contribution in [0.25, 0.3) is 11.1 Å². The first kappa shape index (κ1) is 54.9. The second-order valence-electron chi connectivity index (χ2n) is 22.1. The summed E-state index contributed by atoms with van der Waals surface area (Å²) in [6, 6.07) is 35.2. The van der Waals surface area contributed by atoms with Crippen LogP contribution in [-0.4, -0.2) is 31.9 Å². The topological polar surface area (TPSA) is 65.9 Å². The first-order valence-electron chi connectivity index (χ1n) is 23.4. The van der Waals surface area contributed by atoms with Gasteiger partial charge in [0.05, 0.1) is 6.20 Å². The summed E-state index contributed by atoms with van der Waals surface area (Å²) in [5.74, 6) is 0. The van der Waals surface area contributed by atoms with E-state index >= 15 is 0 Å². The number of hydrogen-bond acceptors (Lipinski definition) is 5.